The van der Waals surface area contributed by atoms with Gasteiger partial charge in [0.1, 0.15) is 12.4 Å². The van der Waals surface area contributed by atoms with Crippen LogP contribution >= 0.6 is 0 Å². The molecule has 0 atom stereocenters. The normalized spacial score (nSPS) is 11.4. The summed E-state index contributed by atoms with van der Waals surface area (Å²) in [6.45, 7) is 6.11. The zero-order valence-corrected chi connectivity index (χ0v) is 13.2. The van der Waals surface area contributed by atoms with Crippen LogP contribution in [-0.4, -0.2) is 8.42 Å². The number of sulfonamides is 1. The van der Waals surface area contributed by atoms with Crippen LogP contribution in [0.3, 0.4) is 0 Å². The average molecular weight is 305 g/mol. The summed E-state index contributed by atoms with van der Waals surface area (Å²) in [6.07, 6.45) is 0. The first-order chi connectivity index (χ1) is 9.79. The van der Waals surface area contributed by atoms with E-state index in [-0.39, 0.29) is 4.90 Å². The first-order valence-corrected chi connectivity index (χ1v) is 8.15. The summed E-state index contributed by atoms with van der Waals surface area (Å²) in [5.41, 5.74) is 3.78. The molecule has 0 amide bonds. The van der Waals surface area contributed by atoms with Gasteiger partial charge in [-0.15, -0.1) is 0 Å². The van der Waals surface area contributed by atoms with Crippen molar-refractivity contribution in [2.75, 3.05) is 0 Å². The summed E-state index contributed by atoms with van der Waals surface area (Å²) in [7, 11) is -3.69. The van der Waals surface area contributed by atoms with Gasteiger partial charge in [0.05, 0.1) is 4.90 Å². The molecule has 2 aromatic rings. The highest BCUT2D eigenvalue weighted by molar-refractivity contribution is 7.89. The monoisotopic (exact) mass is 305 g/mol. The molecule has 0 fully saturated rings. The van der Waals surface area contributed by atoms with Crippen molar-refractivity contribution in [2.45, 2.75) is 32.3 Å². The number of benzene rings is 2. The summed E-state index contributed by atoms with van der Waals surface area (Å²) >= 11 is 0. The molecule has 0 bridgehead atoms. The second kappa shape index (κ2) is 5.87. The fourth-order valence-electron chi connectivity index (χ4n) is 2.22. The lowest BCUT2D eigenvalue weighted by molar-refractivity contribution is 0.301. The van der Waals surface area contributed by atoms with Crippen molar-refractivity contribution < 1.29 is 13.2 Å². The Morgan fingerprint density at radius 2 is 1.57 bits per heavy atom. The maximum Gasteiger partial charge on any atom is 0.238 e. The zero-order valence-electron chi connectivity index (χ0n) is 12.4. The second-order valence-corrected chi connectivity index (χ2v) is 6.71. The van der Waals surface area contributed by atoms with E-state index in [2.05, 4.69) is 0 Å². The highest BCUT2D eigenvalue weighted by Crippen LogP contribution is 2.27. The number of nitrogens with two attached hydrogens (primary N) is 1. The molecule has 2 aromatic carbocycles. The lowest BCUT2D eigenvalue weighted by Gasteiger charge is -2.14. The molecule has 0 aliphatic rings. The number of hydrogen-bond donors (Lipinski definition) is 1. The Hall–Kier alpha value is -1.85. The molecule has 0 saturated carbocycles. The maximum absolute atomic E-state index is 11.4. The van der Waals surface area contributed by atoms with Crippen molar-refractivity contribution in [1.82, 2.24) is 0 Å². The van der Waals surface area contributed by atoms with Gasteiger partial charge >= 0.3 is 0 Å². The van der Waals surface area contributed by atoms with Gasteiger partial charge in [-0.1, -0.05) is 24.3 Å². The zero-order chi connectivity index (χ0) is 15.6. The van der Waals surface area contributed by atoms with Crippen LogP contribution in [0.15, 0.2) is 41.3 Å². The van der Waals surface area contributed by atoms with Gasteiger partial charge in [0, 0.05) is 0 Å². The molecule has 0 aliphatic carbocycles. The topological polar surface area (TPSA) is 69.4 Å². The Morgan fingerprint density at radius 3 is 2.10 bits per heavy atom. The smallest absolute Gasteiger partial charge is 0.238 e. The minimum Gasteiger partial charge on any atom is -0.488 e. The van der Waals surface area contributed by atoms with E-state index in [4.69, 9.17) is 9.88 Å². The second-order valence-electron chi connectivity index (χ2n) is 5.15. The Morgan fingerprint density at radius 1 is 1.00 bits per heavy atom. The lowest BCUT2D eigenvalue weighted by Crippen LogP contribution is -2.13. The first kappa shape index (κ1) is 15.5. The largest absolute Gasteiger partial charge is 0.488 e. The van der Waals surface area contributed by atoms with Crippen LogP contribution in [-0.2, 0) is 16.6 Å². The Labute approximate surface area is 125 Å². The molecule has 21 heavy (non-hydrogen) atoms. The highest BCUT2D eigenvalue weighted by Gasteiger charge is 2.13. The molecule has 0 unspecified atom stereocenters. The van der Waals surface area contributed by atoms with Gasteiger partial charge in [-0.3, -0.25) is 0 Å². The summed E-state index contributed by atoms with van der Waals surface area (Å²) in [4.78, 5) is 0.112. The van der Waals surface area contributed by atoms with Gasteiger partial charge in [-0.2, -0.15) is 0 Å². The number of ether oxygens (including phenoxy) is 1. The van der Waals surface area contributed by atoms with Crippen molar-refractivity contribution in [2.24, 2.45) is 5.14 Å². The number of hydrogen-bond acceptors (Lipinski definition) is 3. The molecule has 0 radical (unpaired) electrons. The quantitative estimate of drug-likeness (QED) is 0.944. The van der Waals surface area contributed by atoms with E-state index >= 15 is 0 Å². The van der Waals surface area contributed by atoms with Crippen molar-refractivity contribution in [1.29, 1.82) is 0 Å². The molecule has 112 valence electrons. The predicted molar refractivity (Wildman–Crippen MR) is 82.8 cm³/mol. The Bertz CT molecular complexity index is 744. The third kappa shape index (κ3) is 3.62. The highest BCUT2D eigenvalue weighted by atomic mass is 32.2. The van der Waals surface area contributed by atoms with Gasteiger partial charge < -0.3 is 4.74 Å². The van der Waals surface area contributed by atoms with Crippen LogP contribution in [0.25, 0.3) is 0 Å². The predicted octanol–water partition coefficient (Wildman–Crippen LogP) is 2.84. The van der Waals surface area contributed by atoms with Gasteiger partial charge in [0.25, 0.3) is 0 Å². The molecule has 4 nitrogen and oxygen atoms in total. The summed E-state index contributed by atoms with van der Waals surface area (Å²) in [6, 6.07) is 11.1. The van der Waals surface area contributed by atoms with Gasteiger partial charge in [0.2, 0.25) is 10.0 Å². The van der Waals surface area contributed by atoms with Crippen LogP contribution in [0.1, 0.15) is 22.3 Å². The Kier molecular flexibility index (Phi) is 4.34. The molecule has 2 rings (SSSR count). The molecule has 0 spiro atoms. The van der Waals surface area contributed by atoms with Gasteiger partial charge in [-0.05, 0) is 55.2 Å². The molecule has 0 heterocycles. The molecular formula is C16H19NO3S. The van der Waals surface area contributed by atoms with Gasteiger partial charge in [0.15, 0.2) is 0 Å². The Balaban J connectivity index is 2.28. The van der Waals surface area contributed by atoms with Crippen molar-refractivity contribution >= 4 is 10.0 Å². The van der Waals surface area contributed by atoms with E-state index < -0.39 is 10.0 Å². The molecule has 0 aliphatic heterocycles. The minimum absolute atomic E-state index is 0.112. The molecule has 2 N–H and O–H groups in total. The standard InChI is InChI=1S/C16H19NO3S/c1-11-6-4-5-7-14(11)10-20-16-12(2)8-15(9-13(16)3)21(17,18)19/h4-9H,10H2,1-3H3,(H2,17,18,19). The SMILES string of the molecule is Cc1ccccc1COc1c(C)cc(S(N)(=O)=O)cc1C. The van der Waals surface area contributed by atoms with Crippen LogP contribution in [0.2, 0.25) is 0 Å². The summed E-state index contributed by atoms with van der Waals surface area (Å²) in [5.74, 6) is 0.700. The first-order valence-electron chi connectivity index (χ1n) is 6.60. The van der Waals surface area contributed by atoms with Crippen molar-refractivity contribution in [3.63, 3.8) is 0 Å². The van der Waals surface area contributed by atoms with E-state index in [9.17, 15) is 8.42 Å². The maximum atomic E-state index is 11.4. The number of primary sulfonamides is 1. The van der Waals surface area contributed by atoms with E-state index in [1.807, 2.05) is 45.0 Å². The van der Waals surface area contributed by atoms with E-state index in [0.717, 1.165) is 22.3 Å². The fraction of sp³-hybridized carbons (Fsp3) is 0.250. The van der Waals surface area contributed by atoms with Crippen molar-refractivity contribution in [3.05, 3.63) is 58.7 Å². The summed E-state index contributed by atoms with van der Waals surface area (Å²) in [5, 5.41) is 5.16. The van der Waals surface area contributed by atoms with E-state index in [0.29, 0.717) is 12.4 Å². The third-order valence-electron chi connectivity index (χ3n) is 3.40. The molecule has 0 aromatic heterocycles. The number of aryl methyl sites for hydroxylation is 3. The molecule has 0 saturated heterocycles. The van der Waals surface area contributed by atoms with Gasteiger partial charge in [-0.25, -0.2) is 13.6 Å². The number of rotatable bonds is 4. The fourth-order valence-corrected chi connectivity index (χ4v) is 2.91. The average Bonchev–Trinajstić information content (AvgIpc) is 2.38. The van der Waals surface area contributed by atoms with E-state index in [1.165, 1.54) is 12.1 Å². The van der Waals surface area contributed by atoms with Crippen LogP contribution < -0.4 is 9.88 Å². The minimum atomic E-state index is -3.69. The van der Waals surface area contributed by atoms with Crippen LogP contribution in [0.5, 0.6) is 5.75 Å². The lowest BCUT2D eigenvalue weighted by atomic mass is 10.1. The van der Waals surface area contributed by atoms with E-state index in [1.54, 1.807) is 0 Å². The molecular weight excluding hydrogens is 286 g/mol. The summed E-state index contributed by atoms with van der Waals surface area (Å²) < 4.78 is 28.7. The van der Waals surface area contributed by atoms with Crippen LogP contribution in [0.4, 0.5) is 0 Å². The van der Waals surface area contributed by atoms with Crippen molar-refractivity contribution in [3.8, 4) is 5.75 Å². The third-order valence-corrected chi connectivity index (χ3v) is 4.29. The molecule has 5 heteroatoms. The van der Waals surface area contributed by atoms with Crippen LogP contribution in [0, 0.1) is 20.8 Å².